The van der Waals surface area contributed by atoms with Crippen molar-refractivity contribution in [3.8, 4) is 11.1 Å². The number of rotatable bonds is 10. The molecule has 1 heterocycles. The molecule has 0 fully saturated rings. The van der Waals surface area contributed by atoms with Gasteiger partial charge in [0.05, 0.1) is 23.6 Å². The minimum atomic E-state index is -5.19. The summed E-state index contributed by atoms with van der Waals surface area (Å²) in [5, 5.41) is 3.86. The SMILES string of the molecule is CCOC(=O)CCNC(=O)c1ccc(-c2cc(C(F)(F)F)ccc2CNC2(F)CC=C(c3ccccc3)C(Cl)=C2C(F)(F)F)cn1. The summed E-state index contributed by atoms with van der Waals surface area (Å²) in [5.41, 5.74) is -2.48. The molecule has 0 radical (unpaired) electrons. The molecular formula is C32H27ClF7N3O3. The predicted molar refractivity (Wildman–Crippen MR) is 157 cm³/mol. The maximum Gasteiger partial charge on any atom is 0.418 e. The van der Waals surface area contributed by atoms with Crippen LogP contribution in [0.1, 0.15) is 46.9 Å². The van der Waals surface area contributed by atoms with Crippen LogP contribution in [0.3, 0.4) is 0 Å². The highest BCUT2D eigenvalue weighted by molar-refractivity contribution is 6.37. The average Bonchev–Trinajstić information content (AvgIpc) is 2.99. The molecule has 1 aliphatic carbocycles. The largest absolute Gasteiger partial charge is 0.466 e. The van der Waals surface area contributed by atoms with E-state index in [0.29, 0.717) is 5.56 Å². The van der Waals surface area contributed by atoms with Gasteiger partial charge in [0, 0.05) is 31.3 Å². The zero-order valence-electron chi connectivity index (χ0n) is 24.2. The van der Waals surface area contributed by atoms with Crippen LogP contribution in [0.15, 0.2) is 83.5 Å². The lowest BCUT2D eigenvalue weighted by atomic mass is 9.88. The molecule has 1 atom stereocenters. The van der Waals surface area contributed by atoms with Crippen LogP contribution in [-0.4, -0.2) is 42.0 Å². The van der Waals surface area contributed by atoms with E-state index in [1.165, 1.54) is 30.3 Å². The molecule has 46 heavy (non-hydrogen) atoms. The smallest absolute Gasteiger partial charge is 0.418 e. The number of carbonyl (C=O) groups is 2. The van der Waals surface area contributed by atoms with Crippen LogP contribution in [0.25, 0.3) is 16.7 Å². The van der Waals surface area contributed by atoms with E-state index in [4.69, 9.17) is 16.3 Å². The van der Waals surface area contributed by atoms with Crippen molar-refractivity contribution in [1.29, 1.82) is 0 Å². The number of hydrogen-bond acceptors (Lipinski definition) is 5. The van der Waals surface area contributed by atoms with Gasteiger partial charge in [0.15, 0.2) is 5.79 Å². The monoisotopic (exact) mass is 669 g/mol. The van der Waals surface area contributed by atoms with Crippen molar-refractivity contribution in [1.82, 2.24) is 15.6 Å². The molecule has 0 aliphatic heterocycles. The molecule has 2 aromatic carbocycles. The van der Waals surface area contributed by atoms with E-state index in [0.717, 1.165) is 24.4 Å². The van der Waals surface area contributed by atoms with Gasteiger partial charge in [-0.05, 0) is 47.4 Å². The Bertz CT molecular complexity index is 1640. The fraction of sp³-hybridized carbons (Fsp3) is 0.281. The highest BCUT2D eigenvalue weighted by atomic mass is 35.5. The molecule has 4 rings (SSSR count). The second-order valence-electron chi connectivity index (χ2n) is 10.1. The van der Waals surface area contributed by atoms with Crippen LogP contribution in [0, 0.1) is 0 Å². The summed E-state index contributed by atoms with van der Waals surface area (Å²) in [6.07, 6.45) is -8.47. The number of aromatic nitrogens is 1. The van der Waals surface area contributed by atoms with E-state index >= 15 is 4.39 Å². The van der Waals surface area contributed by atoms with Crippen molar-refractivity contribution in [2.75, 3.05) is 13.2 Å². The minimum Gasteiger partial charge on any atom is -0.466 e. The molecule has 1 amide bonds. The third kappa shape index (κ3) is 8.13. The van der Waals surface area contributed by atoms with Crippen LogP contribution in [0.2, 0.25) is 0 Å². The van der Waals surface area contributed by atoms with E-state index in [1.54, 1.807) is 25.1 Å². The van der Waals surface area contributed by atoms with Crippen LogP contribution in [0.4, 0.5) is 30.7 Å². The second kappa shape index (κ2) is 14.0. The van der Waals surface area contributed by atoms with Crippen LogP contribution in [0.5, 0.6) is 0 Å². The third-order valence-corrected chi connectivity index (χ3v) is 7.42. The zero-order chi connectivity index (χ0) is 33.7. The third-order valence-electron chi connectivity index (χ3n) is 7.03. The molecule has 14 heteroatoms. The number of benzene rings is 2. The molecule has 0 saturated heterocycles. The summed E-state index contributed by atoms with van der Waals surface area (Å²) in [7, 11) is 0. The van der Waals surface area contributed by atoms with Gasteiger partial charge >= 0.3 is 18.3 Å². The van der Waals surface area contributed by atoms with E-state index in [2.05, 4.69) is 15.6 Å². The zero-order valence-corrected chi connectivity index (χ0v) is 24.9. The number of nitrogens with zero attached hydrogens (tertiary/aromatic N) is 1. The summed E-state index contributed by atoms with van der Waals surface area (Å²) in [5.74, 6) is -4.39. The van der Waals surface area contributed by atoms with Crippen LogP contribution >= 0.6 is 11.6 Å². The summed E-state index contributed by atoms with van der Waals surface area (Å²) in [6, 6.07) is 12.9. The molecule has 0 spiro atoms. The first kappa shape index (κ1) is 34.6. The topological polar surface area (TPSA) is 80.3 Å². The number of ether oxygens (including phenoxy) is 1. The summed E-state index contributed by atoms with van der Waals surface area (Å²) < 4.78 is 105. The standard InChI is InChI=1S/C32H27ClF7N3O3/c1-2-46-26(44)13-15-41-29(45)25-11-9-20(17-42-25)24-16-22(31(35,36)37)10-8-21(24)18-43-30(34)14-12-23(19-6-4-3-5-7-19)27(33)28(30)32(38,39)40/h3-12,16-17,43H,2,13-15,18H2,1H3,(H,41,45). The van der Waals surface area contributed by atoms with Crippen molar-refractivity contribution in [2.24, 2.45) is 0 Å². The number of halogens is 8. The number of carbonyl (C=O) groups excluding carboxylic acids is 2. The van der Waals surface area contributed by atoms with Gasteiger partial charge in [0.1, 0.15) is 11.3 Å². The molecule has 3 aromatic rings. The number of allylic oxidation sites excluding steroid dienone is 2. The highest BCUT2D eigenvalue weighted by Crippen LogP contribution is 2.48. The van der Waals surface area contributed by atoms with E-state index in [9.17, 15) is 35.9 Å². The van der Waals surface area contributed by atoms with Gasteiger partial charge in [-0.15, -0.1) is 0 Å². The Morgan fingerprint density at radius 3 is 2.30 bits per heavy atom. The lowest BCUT2D eigenvalue weighted by Gasteiger charge is -2.34. The minimum absolute atomic E-state index is 0.00372. The molecule has 2 N–H and O–H groups in total. The van der Waals surface area contributed by atoms with Crippen molar-refractivity contribution in [3.63, 3.8) is 0 Å². The van der Waals surface area contributed by atoms with Crippen LogP contribution < -0.4 is 10.6 Å². The molecule has 1 aliphatic rings. The lowest BCUT2D eigenvalue weighted by Crippen LogP contribution is -2.48. The number of amides is 1. The number of hydrogen-bond donors (Lipinski definition) is 2. The Kier molecular flexibility index (Phi) is 10.6. The van der Waals surface area contributed by atoms with Crippen molar-refractivity contribution in [3.05, 3.63) is 106 Å². The predicted octanol–water partition coefficient (Wildman–Crippen LogP) is 7.75. The molecule has 0 bridgehead atoms. The average molecular weight is 670 g/mol. The van der Waals surface area contributed by atoms with E-state index in [1.807, 2.05) is 0 Å². The molecule has 6 nitrogen and oxygen atoms in total. The van der Waals surface area contributed by atoms with E-state index < -0.39 is 59.2 Å². The van der Waals surface area contributed by atoms with E-state index in [-0.39, 0.29) is 47.5 Å². The highest BCUT2D eigenvalue weighted by Gasteiger charge is 2.52. The maximum absolute atomic E-state index is 16.2. The van der Waals surface area contributed by atoms with Crippen molar-refractivity contribution in [2.45, 2.75) is 44.5 Å². The first-order valence-electron chi connectivity index (χ1n) is 13.9. The number of alkyl halides is 7. The molecule has 244 valence electrons. The quantitative estimate of drug-likeness (QED) is 0.131. The van der Waals surface area contributed by atoms with Crippen LogP contribution in [-0.2, 0) is 22.3 Å². The molecular weight excluding hydrogens is 643 g/mol. The first-order chi connectivity index (χ1) is 21.6. The summed E-state index contributed by atoms with van der Waals surface area (Å²) >= 11 is 6.16. The number of nitrogens with one attached hydrogen (secondary N) is 2. The Labute approximate surface area is 264 Å². The van der Waals surface area contributed by atoms with Gasteiger partial charge in [-0.3, -0.25) is 19.9 Å². The molecule has 1 aromatic heterocycles. The lowest BCUT2D eigenvalue weighted by molar-refractivity contribution is -0.143. The van der Waals surface area contributed by atoms with Gasteiger partial charge in [0.25, 0.3) is 5.91 Å². The Hall–Kier alpha value is -4.23. The van der Waals surface area contributed by atoms with Gasteiger partial charge in [-0.25, -0.2) is 4.39 Å². The Balaban J connectivity index is 1.61. The number of pyridine rings is 1. The fourth-order valence-electron chi connectivity index (χ4n) is 4.82. The van der Waals surface area contributed by atoms with Gasteiger partial charge in [-0.1, -0.05) is 60.1 Å². The molecule has 0 saturated carbocycles. The first-order valence-corrected chi connectivity index (χ1v) is 14.3. The van der Waals surface area contributed by atoms with Gasteiger partial charge in [0.2, 0.25) is 0 Å². The van der Waals surface area contributed by atoms with Crippen molar-refractivity contribution < 1.29 is 45.1 Å². The molecule has 1 unspecified atom stereocenters. The summed E-state index contributed by atoms with van der Waals surface area (Å²) in [6.45, 7) is 1.13. The van der Waals surface area contributed by atoms with Gasteiger partial charge in [-0.2, -0.15) is 26.3 Å². The summed E-state index contributed by atoms with van der Waals surface area (Å²) in [4.78, 5) is 27.9. The Morgan fingerprint density at radius 1 is 0.978 bits per heavy atom. The second-order valence-corrected chi connectivity index (χ2v) is 10.5. The normalized spacial score (nSPS) is 17.0. The van der Waals surface area contributed by atoms with Gasteiger partial charge < -0.3 is 10.1 Å². The Morgan fingerprint density at radius 2 is 1.70 bits per heavy atom. The van der Waals surface area contributed by atoms with Crippen molar-refractivity contribution >= 4 is 29.1 Å². The maximum atomic E-state index is 16.2. The number of esters is 1. The fourth-order valence-corrected chi connectivity index (χ4v) is 5.26.